The highest BCUT2D eigenvalue weighted by Gasteiger charge is 2.24. The van der Waals surface area contributed by atoms with E-state index >= 15 is 0 Å². The number of amides is 2. The van der Waals surface area contributed by atoms with E-state index in [-0.39, 0.29) is 23.5 Å². The highest BCUT2D eigenvalue weighted by molar-refractivity contribution is 8.14. The second-order valence-corrected chi connectivity index (χ2v) is 5.02. The Bertz CT molecular complexity index is 407. The van der Waals surface area contributed by atoms with Crippen LogP contribution in [0.4, 0.5) is 0 Å². The van der Waals surface area contributed by atoms with Gasteiger partial charge in [0.25, 0.3) is 5.91 Å². The number of thioether (sulfide) groups is 1. The van der Waals surface area contributed by atoms with Crippen LogP contribution in [0.5, 0.6) is 0 Å². The van der Waals surface area contributed by atoms with Gasteiger partial charge < -0.3 is 10.1 Å². The minimum atomic E-state index is -0.208. The molecule has 7 heteroatoms. The van der Waals surface area contributed by atoms with Crippen LogP contribution in [0.25, 0.3) is 0 Å². The number of rotatable bonds is 6. The van der Waals surface area contributed by atoms with E-state index in [1.54, 1.807) is 7.11 Å². The number of amidine groups is 1. The Kier molecular flexibility index (Phi) is 6.72. The highest BCUT2D eigenvalue weighted by atomic mass is 32.2. The molecule has 0 aromatic rings. The van der Waals surface area contributed by atoms with Gasteiger partial charge >= 0.3 is 0 Å². The Labute approximate surface area is 117 Å². The summed E-state index contributed by atoms with van der Waals surface area (Å²) >= 11 is 1.17. The Balaban J connectivity index is 2.42. The molecule has 1 heterocycles. The molecule has 0 bridgehead atoms. The number of carbonyl (C=O) groups is 2. The molecule has 0 spiro atoms. The molecule has 1 rings (SSSR count). The van der Waals surface area contributed by atoms with Crippen LogP contribution in [-0.2, 0) is 14.3 Å². The molecule has 0 aromatic heterocycles. The zero-order valence-corrected chi connectivity index (χ0v) is 12.2. The molecule has 0 radical (unpaired) electrons. The van der Waals surface area contributed by atoms with Crippen LogP contribution >= 0.6 is 11.8 Å². The van der Waals surface area contributed by atoms with Gasteiger partial charge in [0.2, 0.25) is 5.91 Å². The number of carbonyl (C=O) groups excluding carboxylic acids is 2. The number of aliphatic imine (C=N–C) groups is 2. The lowest BCUT2D eigenvalue weighted by Gasteiger charge is -2.15. The third kappa shape index (κ3) is 5.12. The molecule has 0 aromatic carbocycles. The number of hydrogen-bond donors (Lipinski definition) is 1. The van der Waals surface area contributed by atoms with E-state index < -0.39 is 0 Å². The highest BCUT2D eigenvalue weighted by Crippen LogP contribution is 2.18. The summed E-state index contributed by atoms with van der Waals surface area (Å²) in [5.74, 6) is -0.302. The fourth-order valence-electron chi connectivity index (χ4n) is 1.61. The van der Waals surface area contributed by atoms with Crippen molar-refractivity contribution in [1.29, 1.82) is 0 Å². The molecule has 0 fully saturated rings. The number of methoxy groups -OCH3 is 1. The SMILES string of the molecule is CCC1C(=O)N=C(SCC(=O)NCCOC)N=C1C. The van der Waals surface area contributed by atoms with Gasteiger partial charge in [-0.3, -0.25) is 9.59 Å². The average molecular weight is 285 g/mol. The quantitative estimate of drug-likeness (QED) is 0.734. The Morgan fingerprint density at radius 3 is 2.79 bits per heavy atom. The van der Waals surface area contributed by atoms with Crippen LogP contribution in [0, 0.1) is 5.92 Å². The molecule has 0 saturated heterocycles. The summed E-state index contributed by atoms with van der Waals surface area (Å²) in [6, 6.07) is 0. The second-order valence-electron chi connectivity index (χ2n) is 4.08. The van der Waals surface area contributed by atoms with Crippen molar-refractivity contribution in [2.75, 3.05) is 26.0 Å². The summed E-state index contributed by atoms with van der Waals surface area (Å²) in [7, 11) is 1.57. The molecule has 1 atom stereocenters. The normalized spacial score (nSPS) is 18.9. The van der Waals surface area contributed by atoms with E-state index in [2.05, 4.69) is 15.3 Å². The van der Waals surface area contributed by atoms with E-state index in [1.807, 2.05) is 13.8 Å². The smallest absolute Gasteiger partial charge is 0.256 e. The summed E-state index contributed by atoms with van der Waals surface area (Å²) in [5.41, 5.74) is 0.768. The zero-order chi connectivity index (χ0) is 14.3. The monoisotopic (exact) mass is 285 g/mol. The van der Waals surface area contributed by atoms with E-state index in [1.165, 1.54) is 11.8 Å². The van der Waals surface area contributed by atoms with Crippen molar-refractivity contribution in [3.8, 4) is 0 Å². The molecule has 19 heavy (non-hydrogen) atoms. The average Bonchev–Trinajstić information content (AvgIpc) is 2.36. The topological polar surface area (TPSA) is 80.1 Å². The molecule has 1 aliphatic rings. The minimum absolute atomic E-state index is 0.123. The van der Waals surface area contributed by atoms with E-state index in [4.69, 9.17) is 4.74 Å². The molecule has 1 aliphatic heterocycles. The molecule has 1 N–H and O–H groups in total. The second kappa shape index (κ2) is 8.06. The van der Waals surface area contributed by atoms with Crippen LogP contribution in [-0.4, -0.2) is 48.7 Å². The maximum Gasteiger partial charge on any atom is 0.256 e. The molecule has 0 aliphatic carbocycles. The van der Waals surface area contributed by atoms with Crippen LogP contribution < -0.4 is 5.32 Å². The fourth-order valence-corrected chi connectivity index (χ4v) is 2.34. The zero-order valence-electron chi connectivity index (χ0n) is 11.4. The fraction of sp³-hybridized carbons (Fsp3) is 0.667. The number of nitrogens with zero attached hydrogens (tertiary/aromatic N) is 2. The van der Waals surface area contributed by atoms with Gasteiger partial charge in [-0.25, -0.2) is 4.99 Å². The number of hydrogen-bond acceptors (Lipinski definition) is 5. The number of nitrogens with one attached hydrogen (secondary N) is 1. The molecular weight excluding hydrogens is 266 g/mol. The lowest BCUT2D eigenvalue weighted by Crippen LogP contribution is -2.29. The van der Waals surface area contributed by atoms with Gasteiger partial charge in [0.1, 0.15) is 0 Å². The van der Waals surface area contributed by atoms with Crippen LogP contribution in [0.2, 0.25) is 0 Å². The van der Waals surface area contributed by atoms with E-state index in [9.17, 15) is 9.59 Å². The van der Waals surface area contributed by atoms with Crippen molar-refractivity contribution in [3.63, 3.8) is 0 Å². The van der Waals surface area contributed by atoms with Crippen molar-refractivity contribution >= 4 is 34.5 Å². The van der Waals surface area contributed by atoms with Crippen molar-refractivity contribution in [1.82, 2.24) is 5.32 Å². The first kappa shape index (κ1) is 15.8. The van der Waals surface area contributed by atoms with Gasteiger partial charge in [0.15, 0.2) is 5.17 Å². The van der Waals surface area contributed by atoms with Crippen molar-refractivity contribution in [2.45, 2.75) is 20.3 Å². The van der Waals surface area contributed by atoms with Gasteiger partial charge in [-0.2, -0.15) is 4.99 Å². The molecular formula is C12H19N3O3S. The predicted molar refractivity (Wildman–Crippen MR) is 76.7 cm³/mol. The first-order valence-corrected chi connectivity index (χ1v) is 7.13. The Morgan fingerprint density at radius 2 is 2.21 bits per heavy atom. The van der Waals surface area contributed by atoms with Crippen LogP contribution in [0.1, 0.15) is 20.3 Å². The van der Waals surface area contributed by atoms with Gasteiger partial charge in [0.05, 0.1) is 18.3 Å². The summed E-state index contributed by atoms with van der Waals surface area (Å²) in [6.45, 7) is 4.70. The largest absolute Gasteiger partial charge is 0.383 e. The molecule has 6 nitrogen and oxygen atoms in total. The number of ether oxygens (including phenoxy) is 1. The van der Waals surface area contributed by atoms with Gasteiger partial charge in [-0.15, -0.1) is 0 Å². The van der Waals surface area contributed by atoms with Gasteiger partial charge in [-0.05, 0) is 13.3 Å². The summed E-state index contributed by atoms with van der Waals surface area (Å²) in [4.78, 5) is 31.3. The van der Waals surface area contributed by atoms with Crippen LogP contribution in [0.15, 0.2) is 9.98 Å². The molecule has 2 amide bonds. The first-order chi connectivity index (χ1) is 9.08. The molecule has 1 unspecified atom stereocenters. The Hall–Kier alpha value is -1.21. The Morgan fingerprint density at radius 1 is 1.47 bits per heavy atom. The summed E-state index contributed by atoms with van der Waals surface area (Å²) in [6.07, 6.45) is 0.702. The third-order valence-electron chi connectivity index (χ3n) is 2.65. The maximum atomic E-state index is 11.7. The van der Waals surface area contributed by atoms with Gasteiger partial charge in [-0.1, -0.05) is 18.7 Å². The maximum absolute atomic E-state index is 11.7. The molecule has 106 valence electrons. The van der Waals surface area contributed by atoms with E-state index in [0.29, 0.717) is 24.7 Å². The summed E-state index contributed by atoms with van der Waals surface area (Å²) < 4.78 is 4.83. The van der Waals surface area contributed by atoms with Crippen molar-refractivity contribution < 1.29 is 14.3 Å². The minimum Gasteiger partial charge on any atom is -0.383 e. The van der Waals surface area contributed by atoms with Gasteiger partial charge in [0, 0.05) is 19.4 Å². The van der Waals surface area contributed by atoms with Crippen molar-refractivity contribution in [2.24, 2.45) is 15.9 Å². The lowest BCUT2D eigenvalue weighted by atomic mass is 10.0. The standard InChI is InChI=1S/C12H19N3O3S/c1-4-9-8(2)14-12(15-11(9)17)19-7-10(16)13-5-6-18-3/h9H,4-7H2,1-3H3,(H,13,16). The summed E-state index contributed by atoms with van der Waals surface area (Å²) in [5, 5.41) is 3.06. The van der Waals surface area contributed by atoms with Crippen molar-refractivity contribution in [3.05, 3.63) is 0 Å². The first-order valence-electron chi connectivity index (χ1n) is 6.14. The lowest BCUT2D eigenvalue weighted by molar-refractivity contribution is -0.120. The third-order valence-corrected chi connectivity index (χ3v) is 3.50. The predicted octanol–water partition coefficient (Wildman–Crippen LogP) is 0.865. The van der Waals surface area contributed by atoms with E-state index in [0.717, 1.165) is 5.71 Å². The molecule has 0 saturated carbocycles. The van der Waals surface area contributed by atoms with Crippen LogP contribution in [0.3, 0.4) is 0 Å².